The van der Waals surface area contributed by atoms with Gasteiger partial charge in [0.05, 0.1) is 6.04 Å². The van der Waals surface area contributed by atoms with E-state index < -0.39 is 6.04 Å². The fourth-order valence-electron chi connectivity index (χ4n) is 1.24. The van der Waals surface area contributed by atoms with E-state index in [1.807, 2.05) is 20.8 Å². The minimum Gasteiger partial charge on any atom is -0.354 e. The maximum Gasteiger partial charge on any atom is 0.237 e. The Hall–Kier alpha value is -1.43. The average molecular weight is 240 g/mol. The maximum atomic E-state index is 11.7. The van der Waals surface area contributed by atoms with Crippen LogP contribution >= 0.6 is 0 Å². The molecule has 0 saturated heterocycles. The summed E-state index contributed by atoms with van der Waals surface area (Å²) < 4.78 is 4.83. The van der Waals surface area contributed by atoms with Crippen LogP contribution in [0, 0.1) is 12.3 Å². The van der Waals surface area contributed by atoms with Gasteiger partial charge in [-0.05, 0) is 5.41 Å². The molecule has 1 aromatic heterocycles. The number of rotatable bonds is 4. The summed E-state index contributed by atoms with van der Waals surface area (Å²) in [4.78, 5) is 15.7. The Bertz CT molecular complexity index is 381. The molecule has 0 spiro atoms. The van der Waals surface area contributed by atoms with Crippen molar-refractivity contribution < 1.29 is 9.32 Å². The number of aryl methyl sites for hydroxylation is 1. The van der Waals surface area contributed by atoms with Crippen molar-refractivity contribution in [1.82, 2.24) is 15.5 Å². The smallest absolute Gasteiger partial charge is 0.237 e. The summed E-state index contributed by atoms with van der Waals surface area (Å²) in [5.41, 5.74) is 5.57. The van der Waals surface area contributed by atoms with Gasteiger partial charge in [-0.2, -0.15) is 4.98 Å². The lowest BCUT2D eigenvalue weighted by Gasteiger charge is -2.25. The molecular weight excluding hydrogens is 220 g/mol. The highest BCUT2D eigenvalue weighted by molar-refractivity contribution is 5.82. The molecule has 0 radical (unpaired) electrons. The minimum absolute atomic E-state index is 0.155. The molecular formula is C11H20N4O2. The molecule has 0 fully saturated rings. The van der Waals surface area contributed by atoms with E-state index in [9.17, 15) is 4.79 Å². The second kappa shape index (κ2) is 5.27. The SMILES string of the molecule is Cc1nc(CCNC(=O)C(N)C(C)(C)C)no1. The summed E-state index contributed by atoms with van der Waals surface area (Å²) in [5.74, 6) is 0.961. The van der Waals surface area contributed by atoms with Crippen molar-refractivity contribution >= 4 is 5.91 Å². The first kappa shape index (κ1) is 13.6. The van der Waals surface area contributed by atoms with Crippen molar-refractivity contribution in [2.24, 2.45) is 11.1 Å². The van der Waals surface area contributed by atoms with Crippen molar-refractivity contribution in [2.45, 2.75) is 40.2 Å². The molecule has 1 amide bonds. The molecule has 0 aromatic carbocycles. The van der Waals surface area contributed by atoms with Gasteiger partial charge in [0.25, 0.3) is 0 Å². The van der Waals surface area contributed by atoms with E-state index in [-0.39, 0.29) is 11.3 Å². The molecule has 0 aliphatic carbocycles. The van der Waals surface area contributed by atoms with Gasteiger partial charge in [0.1, 0.15) is 0 Å². The monoisotopic (exact) mass is 240 g/mol. The van der Waals surface area contributed by atoms with E-state index >= 15 is 0 Å². The Morgan fingerprint density at radius 3 is 2.65 bits per heavy atom. The quantitative estimate of drug-likeness (QED) is 0.795. The van der Waals surface area contributed by atoms with E-state index in [4.69, 9.17) is 10.3 Å². The van der Waals surface area contributed by atoms with Crippen molar-refractivity contribution in [3.05, 3.63) is 11.7 Å². The Morgan fingerprint density at radius 1 is 1.53 bits per heavy atom. The fourth-order valence-corrected chi connectivity index (χ4v) is 1.24. The van der Waals surface area contributed by atoms with Gasteiger partial charge in [0.2, 0.25) is 11.8 Å². The first-order valence-electron chi connectivity index (χ1n) is 5.63. The molecule has 1 aromatic rings. The average Bonchev–Trinajstić information content (AvgIpc) is 2.61. The third kappa shape index (κ3) is 4.14. The van der Waals surface area contributed by atoms with Crippen molar-refractivity contribution in [3.63, 3.8) is 0 Å². The molecule has 1 unspecified atom stereocenters. The number of carbonyl (C=O) groups is 1. The normalized spacial score (nSPS) is 13.5. The first-order chi connectivity index (χ1) is 7.80. The van der Waals surface area contributed by atoms with Gasteiger partial charge in [-0.25, -0.2) is 0 Å². The van der Waals surface area contributed by atoms with Crippen molar-refractivity contribution in [2.75, 3.05) is 6.54 Å². The molecule has 0 aliphatic heterocycles. The number of aromatic nitrogens is 2. The summed E-state index contributed by atoms with van der Waals surface area (Å²) in [6.07, 6.45) is 0.542. The summed E-state index contributed by atoms with van der Waals surface area (Å²) in [6.45, 7) is 7.98. The van der Waals surface area contributed by atoms with E-state index in [0.29, 0.717) is 24.7 Å². The molecule has 96 valence electrons. The molecule has 17 heavy (non-hydrogen) atoms. The van der Waals surface area contributed by atoms with Crippen LogP contribution in [0.4, 0.5) is 0 Å². The fraction of sp³-hybridized carbons (Fsp3) is 0.727. The molecule has 0 aliphatic rings. The van der Waals surface area contributed by atoms with Gasteiger partial charge in [-0.1, -0.05) is 25.9 Å². The molecule has 1 heterocycles. The van der Waals surface area contributed by atoms with E-state index in [2.05, 4.69) is 15.5 Å². The van der Waals surface area contributed by atoms with E-state index in [1.165, 1.54) is 0 Å². The zero-order valence-corrected chi connectivity index (χ0v) is 10.8. The van der Waals surface area contributed by atoms with Crippen molar-refractivity contribution in [1.29, 1.82) is 0 Å². The zero-order valence-electron chi connectivity index (χ0n) is 10.8. The largest absolute Gasteiger partial charge is 0.354 e. The lowest BCUT2D eigenvalue weighted by atomic mass is 9.87. The topological polar surface area (TPSA) is 94.0 Å². The van der Waals surface area contributed by atoms with Gasteiger partial charge >= 0.3 is 0 Å². The van der Waals surface area contributed by atoms with Crippen LogP contribution in [0.1, 0.15) is 32.5 Å². The van der Waals surface area contributed by atoms with Gasteiger partial charge < -0.3 is 15.6 Å². The van der Waals surface area contributed by atoms with Crippen LogP contribution in [-0.2, 0) is 11.2 Å². The Morgan fingerprint density at radius 2 is 2.18 bits per heavy atom. The number of amides is 1. The predicted octanol–water partition coefficient (Wildman–Crippen LogP) is 0.410. The predicted molar refractivity (Wildman–Crippen MR) is 63.2 cm³/mol. The second-order valence-corrected chi connectivity index (χ2v) is 5.11. The standard InChI is InChI=1S/C11H20N4O2/c1-7-14-8(15-17-7)5-6-13-10(16)9(12)11(2,3)4/h9H,5-6,12H2,1-4H3,(H,13,16). The lowest BCUT2D eigenvalue weighted by molar-refractivity contribution is -0.124. The molecule has 6 nitrogen and oxygen atoms in total. The molecule has 3 N–H and O–H groups in total. The molecule has 6 heteroatoms. The van der Waals surface area contributed by atoms with Gasteiger partial charge in [-0.3, -0.25) is 4.79 Å². The highest BCUT2D eigenvalue weighted by Crippen LogP contribution is 2.16. The Balaban J connectivity index is 2.34. The molecule has 1 atom stereocenters. The zero-order chi connectivity index (χ0) is 13.1. The van der Waals surface area contributed by atoms with Crippen LogP contribution in [0.3, 0.4) is 0 Å². The summed E-state index contributed by atoms with van der Waals surface area (Å²) in [7, 11) is 0. The summed E-state index contributed by atoms with van der Waals surface area (Å²) in [5, 5.41) is 6.50. The van der Waals surface area contributed by atoms with Gasteiger partial charge in [0.15, 0.2) is 5.82 Å². The number of hydrogen-bond acceptors (Lipinski definition) is 5. The van der Waals surface area contributed by atoms with Gasteiger partial charge in [-0.15, -0.1) is 0 Å². The molecule has 0 saturated carbocycles. The van der Waals surface area contributed by atoms with Crippen molar-refractivity contribution in [3.8, 4) is 0 Å². The Kier molecular flexibility index (Phi) is 4.22. The maximum absolute atomic E-state index is 11.7. The highest BCUT2D eigenvalue weighted by Gasteiger charge is 2.26. The molecule has 0 bridgehead atoms. The van der Waals surface area contributed by atoms with E-state index in [0.717, 1.165) is 0 Å². The number of nitrogens with zero attached hydrogens (tertiary/aromatic N) is 2. The summed E-state index contributed by atoms with van der Waals surface area (Å²) in [6, 6.07) is -0.519. The number of nitrogens with one attached hydrogen (secondary N) is 1. The third-order valence-electron chi connectivity index (χ3n) is 2.43. The number of nitrogens with two attached hydrogens (primary N) is 1. The minimum atomic E-state index is -0.519. The lowest BCUT2D eigenvalue weighted by Crippen LogP contribution is -2.49. The van der Waals surface area contributed by atoms with Gasteiger partial charge in [0, 0.05) is 19.9 Å². The van der Waals surface area contributed by atoms with Crippen LogP contribution in [0.2, 0.25) is 0 Å². The van der Waals surface area contributed by atoms with E-state index in [1.54, 1.807) is 6.92 Å². The third-order valence-corrected chi connectivity index (χ3v) is 2.43. The Labute approximate surface area is 101 Å². The molecule has 1 rings (SSSR count). The van der Waals surface area contributed by atoms with Crippen LogP contribution in [0.25, 0.3) is 0 Å². The first-order valence-corrected chi connectivity index (χ1v) is 5.63. The van der Waals surface area contributed by atoms with Crippen LogP contribution in [-0.4, -0.2) is 28.6 Å². The van der Waals surface area contributed by atoms with Crippen LogP contribution in [0.15, 0.2) is 4.52 Å². The van der Waals surface area contributed by atoms with Crippen LogP contribution < -0.4 is 11.1 Å². The highest BCUT2D eigenvalue weighted by atomic mass is 16.5. The summed E-state index contributed by atoms with van der Waals surface area (Å²) >= 11 is 0. The number of carbonyl (C=O) groups excluding carboxylic acids is 1. The second-order valence-electron chi connectivity index (χ2n) is 5.11. The van der Waals surface area contributed by atoms with Crippen LogP contribution in [0.5, 0.6) is 0 Å². The number of hydrogen-bond donors (Lipinski definition) is 2.